The fourth-order valence-electron chi connectivity index (χ4n) is 3.70. The summed E-state index contributed by atoms with van der Waals surface area (Å²) in [6.45, 7) is -2.40. The number of nitrogens with zero attached hydrogens (tertiary/aromatic N) is 1. The molecule has 4 N–H and O–H groups in total. The Balaban J connectivity index is 1.28. The first-order valence-corrected chi connectivity index (χ1v) is 13.2. The SMILES string of the molecule is O=S(=O)(Nc1cccc([C@@H](O)CNCCOc2ccc3c(OC(F)F)n[nH]c3c2)c1)c1cccc(C(F)(F)F)c1. The fourth-order valence-corrected chi connectivity index (χ4v) is 4.79. The summed E-state index contributed by atoms with van der Waals surface area (Å²) >= 11 is 0. The topological polar surface area (TPSA) is 126 Å². The second kappa shape index (κ2) is 12.1. The highest BCUT2D eigenvalue weighted by Crippen LogP contribution is 2.31. The Kier molecular flexibility index (Phi) is 8.76. The summed E-state index contributed by atoms with van der Waals surface area (Å²) in [5, 5.41) is 20.1. The van der Waals surface area contributed by atoms with Gasteiger partial charge in [-0.1, -0.05) is 18.2 Å². The number of fused-ring (bicyclic) bond motifs is 1. The molecule has 214 valence electrons. The van der Waals surface area contributed by atoms with Crippen LogP contribution in [-0.4, -0.2) is 50.0 Å². The van der Waals surface area contributed by atoms with Gasteiger partial charge in [-0.15, -0.1) is 5.10 Å². The zero-order chi connectivity index (χ0) is 28.9. The van der Waals surface area contributed by atoms with Crippen molar-refractivity contribution < 1.29 is 45.0 Å². The first-order chi connectivity index (χ1) is 18.9. The number of aliphatic hydroxyl groups is 1. The number of aromatic nitrogens is 2. The third kappa shape index (κ3) is 7.37. The second-order valence-corrected chi connectivity index (χ2v) is 10.1. The van der Waals surface area contributed by atoms with Crippen LogP contribution in [0.4, 0.5) is 27.6 Å². The molecule has 0 aliphatic carbocycles. The van der Waals surface area contributed by atoms with Crippen molar-refractivity contribution in [3.05, 3.63) is 77.9 Å². The highest BCUT2D eigenvalue weighted by atomic mass is 32.2. The average molecular weight is 587 g/mol. The molecule has 1 aromatic heterocycles. The normalized spacial score (nSPS) is 13.0. The molecular formula is C25H23F5N4O5S. The maximum absolute atomic E-state index is 13.0. The van der Waals surface area contributed by atoms with E-state index < -0.39 is 39.4 Å². The Morgan fingerprint density at radius 2 is 1.80 bits per heavy atom. The van der Waals surface area contributed by atoms with E-state index in [1.54, 1.807) is 18.2 Å². The van der Waals surface area contributed by atoms with Gasteiger partial charge in [-0.25, -0.2) is 8.42 Å². The van der Waals surface area contributed by atoms with E-state index in [0.29, 0.717) is 34.8 Å². The predicted molar refractivity (Wildman–Crippen MR) is 135 cm³/mol. The van der Waals surface area contributed by atoms with Gasteiger partial charge in [0.2, 0.25) is 5.88 Å². The minimum Gasteiger partial charge on any atom is -0.492 e. The smallest absolute Gasteiger partial charge is 0.416 e. The van der Waals surface area contributed by atoms with Crippen LogP contribution in [-0.2, 0) is 16.2 Å². The molecular weight excluding hydrogens is 563 g/mol. The lowest BCUT2D eigenvalue weighted by Gasteiger charge is -2.15. The molecule has 15 heteroatoms. The molecule has 1 atom stereocenters. The summed E-state index contributed by atoms with van der Waals surface area (Å²) in [5.41, 5.74) is -0.220. The number of aromatic amines is 1. The average Bonchev–Trinajstić information content (AvgIpc) is 3.29. The van der Waals surface area contributed by atoms with Gasteiger partial charge < -0.3 is 19.9 Å². The number of benzene rings is 3. The number of alkyl halides is 5. The number of rotatable bonds is 12. The molecule has 0 spiro atoms. The molecule has 9 nitrogen and oxygen atoms in total. The van der Waals surface area contributed by atoms with Crippen LogP contribution in [0.2, 0.25) is 0 Å². The first kappa shape index (κ1) is 29.0. The molecule has 0 amide bonds. The molecule has 0 saturated heterocycles. The predicted octanol–water partition coefficient (Wildman–Crippen LogP) is 4.69. The molecule has 0 aliphatic rings. The largest absolute Gasteiger partial charge is 0.492 e. The van der Waals surface area contributed by atoms with Gasteiger partial charge in [-0.3, -0.25) is 9.82 Å². The minimum absolute atomic E-state index is 0.0635. The molecule has 4 rings (SSSR count). The minimum atomic E-state index is -4.70. The molecule has 0 unspecified atom stereocenters. The van der Waals surface area contributed by atoms with Gasteiger partial charge in [0.05, 0.1) is 27.5 Å². The first-order valence-electron chi connectivity index (χ1n) is 11.7. The van der Waals surface area contributed by atoms with Crippen LogP contribution in [0.15, 0.2) is 71.6 Å². The molecule has 0 fully saturated rings. The van der Waals surface area contributed by atoms with Gasteiger partial charge in [-0.2, -0.15) is 22.0 Å². The molecule has 0 aliphatic heterocycles. The Labute approximate surface area is 225 Å². The third-order valence-electron chi connectivity index (χ3n) is 5.58. The molecule has 3 aromatic carbocycles. The van der Waals surface area contributed by atoms with E-state index in [1.165, 1.54) is 24.3 Å². The zero-order valence-corrected chi connectivity index (χ0v) is 21.3. The van der Waals surface area contributed by atoms with E-state index >= 15 is 0 Å². The van der Waals surface area contributed by atoms with Gasteiger partial charge in [0.1, 0.15) is 12.4 Å². The number of aliphatic hydroxyl groups excluding tert-OH is 1. The number of ether oxygens (including phenoxy) is 2. The number of sulfonamides is 1. The van der Waals surface area contributed by atoms with E-state index in [1.807, 2.05) is 0 Å². The Morgan fingerprint density at radius 1 is 1.02 bits per heavy atom. The lowest BCUT2D eigenvalue weighted by atomic mass is 10.1. The van der Waals surface area contributed by atoms with Crippen LogP contribution in [0.25, 0.3) is 10.9 Å². The second-order valence-electron chi connectivity index (χ2n) is 8.44. The molecule has 40 heavy (non-hydrogen) atoms. The summed E-state index contributed by atoms with van der Waals surface area (Å²) in [6, 6.07) is 13.9. The van der Waals surface area contributed by atoms with Crippen molar-refractivity contribution >= 4 is 26.6 Å². The van der Waals surface area contributed by atoms with E-state index in [2.05, 4.69) is 25.0 Å². The van der Waals surface area contributed by atoms with Crippen molar-refractivity contribution in [3.8, 4) is 11.6 Å². The summed E-state index contributed by atoms with van der Waals surface area (Å²) in [5.74, 6) is 0.225. The Bertz CT molecular complexity index is 1560. The van der Waals surface area contributed by atoms with Crippen molar-refractivity contribution in [2.75, 3.05) is 24.4 Å². The highest BCUT2D eigenvalue weighted by Gasteiger charge is 2.31. The monoisotopic (exact) mass is 586 g/mol. The summed E-state index contributed by atoms with van der Waals surface area (Å²) in [4.78, 5) is -0.552. The molecule has 0 saturated carbocycles. The van der Waals surface area contributed by atoms with Crippen LogP contribution in [0.3, 0.4) is 0 Å². The van der Waals surface area contributed by atoms with Crippen molar-refractivity contribution in [1.29, 1.82) is 0 Å². The van der Waals surface area contributed by atoms with Gasteiger partial charge in [-0.05, 0) is 48.0 Å². The number of halogens is 5. The van der Waals surface area contributed by atoms with Crippen molar-refractivity contribution in [1.82, 2.24) is 15.5 Å². The van der Waals surface area contributed by atoms with Crippen molar-refractivity contribution in [3.63, 3.8) is 0 Å². The van der Waals surface area contributed by atoms with E-state index in [9.17, 15) is 35.5 Å². The Morgan fingerprint density at radius 3 is 2.55 bits per heavy atom. The fraction of sp³-hybridized carbons (Fsp3) is 0.240. The third-order valence-corrected chi connectivity index (χ3v) is 6.96. The Hall–Kier alpha value is -3.95. The number of H-pyrrole nitrogens is 1. The molecule has 1 heterocycles. The van der Waals surface area contributed by atoms with Crippen LogP contribution in [0, 0.1) is 0 Å². The van der Waals surface area contributed by atoms with E-state index in [0.717, 1.165) is 18.2 Å². The number of hydrogen-bond acceptors (Lipinski definition) is 7. The van der Waals surface area contributed by atoms with Crippen molar-refractivity contribution in [2.45, 2.75) is 23.8 Å². The summed E-state index contributed by atoms with van der Waals surface area (Å²) in [6.07, 6.45) is -5.73. The molecule has 4 aromatic rings. The van der Waals surface area contributed by atoms with Crippen LogP contribution in [0.1, 0.15) is 17.2 Å². The van der Waals surface area contributed by atoms with Gasteiger partial charge in [0.25, 0.3) is 10.0 Å². The lowest BCUT2D eigenvalue weighted by Crippen LogP contribution is -2.26. The molecule has 0 bridgehead atoms. The van der Waals surface area contributed by atoms with E-state index in [4.69, 9.17) is 4.74 Å². The maximum atomic E-state index is 13.0. The quantitative estimate of drug-likeness (QED) is 0.140. The summed E-state index contributed by atoms with van der Waals surface area (Å²) in [7, 11) is -4.32. The number of hydrogen-bond donors (Lipinski definition) is 4. The lowest BCUT2D eigenvalue weighted by molar-refractivity contribution is -0.137. The van der Waals surface area contributed by atoms with Crippen LogP contribution >= 0.6 is 0 Å². The van der Waals surface area contributed by atoms with Gasteiger partial charge in [0.15, 0.2) is 0 Å². The molecule has 0 radical (unpaired) electrons. The summed E-state index contributed by atoms with van der Waals surface area (Å²) < 4.78 is 101. The zero-order valence-electron chi connectivity index (χ0n) is 20.5. The van der Waals surface area contributed by atoms with Crippen LogP contribution < -0.4 is 19.5 Å². The van der Waals surface area contributed by atoms with Gasteiger partial charge >= 0.3 is 12.8 Å². The number of nitrogens with one attached hydrogen (secondary N) is 3. The van der Waals surface area contributed by atoms with Gasteiger partial charge in [0, 0.05) is 24.8 Å². The number of anilines is 1. The van der Waals surface area contributed by atoms with Crippen LogP contribution in [0.5, 0.6) is 11.6 Å². The van der Waals surface area contributed by atoms with Crippen molar-refractivity contribution in [2.24, 2.45) is 0 Å². The standard InChI is InChI=1S/C25H23F5N4O5S/c26-24(27)39-23-20-8-7-18(13-21(20)32-33-23)38-10-9-31-14-22(35)15-3-1-5-17(11-15)34-40(36,37)19-6-2-4-16(12-19)25(28,29)30/h1-8,11-13,22,24,31,34-35H,9-10,14H2,(H,32,33)/t22-/m0/s1. The maximum Gasteiger partial charge on any atom is 0.416 e. The van der Waals surface area contributed by atoms with E-state index in [-0.39, 0.29) is 24.7 Å². The highest BCUT2D eigenvalue weighted by molar-refractivity contribution is 7.92.